The van der Waals surface area contributed by atoms with Crippen molar-refractivity contribution in [3.63, 3.8) is 0 Å². The molecule has 206 valence electrons. The van der Waals surface area contributed by atoms with Gasteiger partial charge in [0.25, 0.3) is 0 Å². The zero-order valence-corrected chi connectivity index (χ0v) is 22.3. The lowest BCUT2D eigenvalue weighted by atomic mass is 9.43. The molecule has 0 aromatic heterocycles. The van der Waals surface area contributed by atoms with Gasteiger partial charge in [-0.3, -0.25) is 4.79 Å². The number of aliphatic hydroxyl groups excluding tert-OH is 2. The van der Waals surface area contributed by atoms with Crippen LogP contribution in [0.5, 0.6) is 0 Å². The number of carbonyl (C=O) groups is 2. The second-order valence-corrected chi connectivity index (χ2v) is 12.6. The molecule has 4 aliphatic carbocycles. The molecule has 5 rings (SSSR count). The van der Waals surface area contributed by atoms with Gasteiger partial charge in [0, 0.05) is 5.41 Å². The van der Waals surface area contributed by atoms with Crippen LogP contribution in [0.2, 0.25) is 0 Å². The quantitative estimate of drug-likeness (QED) is 0.315. The number of aliphatic hydroxyl groups is 2. The second kappa shape index (κ2) is 9.26. The Morgan fingerprint density at radius 1 is 1.22 bits per heavy atom. The maximum absolute atomic E-state index is 13.5. The maximum Gasteiger partial charge on any atom is 0.315 e. The molecule has 4 bridgehead atoms. The number of fused-ring (bicyclic) bond motifs is 2. The summed E-state index contributed by atoms with van der Waals surface area (Å²) < 4.78 is 17.9. The number of carboxylic acids is 1. The summed E-state index contributed by atoms with van der Waals surface area (Å²) in [6.07, 6.45) is 2.66. The van der Waals surface area contributed by atoms with Gasteiger partial charge in [-0.25, -0.2) is 0 Å². The van der Waals surface area contributed by atoms with E-state index >= 15 is 0 Å². The second-order valence-electron chi connectivity index (χ2n) is 12.6. The molecule has 7 unspecified atom stereocenters. The van der Waals surface area contributed by atoms with E-state index in [-0.39, 0.29) is 36.9 Å². The Morgan fingerprint density at radius 2 is 1.95 bits per heavy atom. The largest absolute Gasteiger partial charge is 0.481 e. The Bertz CT molecular complexity index is 977. The maximum atomic E-state index is 13.5. The normalized spacial score (nSPS) is 50.1. The summed E-state index contributed by atoms with van der Waals surface area (Å²) in [5.41, 5.74) is -2.32. The number of allylic oxidation sites excluding steroid dienone is 1. The van der Waals surface area contributed by atoms with E-state index in [1.165, 1.54) is 0 Å². The van der Waals surface area contributed by atoms with Gasteiger partial charge in [0.2, 0.25) is 0 Å². The van der Waals surface area contributed by atoms with Crippen molar-refractivity contribution in [2.24, 2.45) is 45.8 Å². The Kier molecular flexibility index (Phi) is 6.76. The molecule has 5 aliphatic rings. The number of hydrogen-bond donors (Lipinski definition) is 3. The van der Waals surface area contributed by atoms with Crippen LogP contribution in [0.4, 0.5) is 0 Å². The highest BCUT2D eigenvalue weighted by Gasteiger charge is 2.84. The molecule has 0 aromatic carbocycles. The first-order chi connectivity index (χ1) is 17.5. The zero-order valence-electron chi connectivity index (χ0n) is 22.3. The molecule has 1 saturated heterocycles. The lowest BCUT2D eigenvalue weighted by molar-refractivity contribution is -0.308. The number of aliphatic carboxylic acids is 1. The molecule has 4 fully saturated rings. The van der Waals surface area contributed by atoms with Crippen molar-refractivity contribution in [1.29, 1.82) is 0 Å². The van der Waals surface area contributed by atoms with Gasteiger partial charge in [-0.15, -0.1) is 6.58 Å². The van der Waals surface area contributed by atoms with Crippen LogP contribution in [0.25, 0.3) is 0 Å². The van der Waals surface area contributed by atoms with Crippen molar-refractivity contribution in [3.8, 4) is 0 Å². The van der Waals surface area contributed by atoms with Gasteiger partial charge in [-0.2, -0.15) is 0 Å². The van der Waals surface area contributed by atoms with Gasteiger partial charge in [-0.05, 0) is 55.8 Å². The Balaban J connectivity index is 1.51. The van der Waals surface area contributed by atoms with E-state index in [9.17, 15) is 24.9 Å². The predicted molar refractivity (Wildman–Crippen MR) is 134 cm³/mol. The molecule has 12 atom stereocenters. The number of rotatable bonds is 9. The number of ether oxygens (including phenoxy) is 3. The van der Waals surface area contributed by atoms with E-state index in [2.05, 4.69) is 19.6 Å². The molecular formula is C29H42O8. The topological polar surface area (TPSA) is 123 Å². The SMILES string of the molecule is C=CCO[C@H]1[C@@H](O)[C@H](O)[C@H](OCC23CC4C(C)CCC4C4(C=O)CC2C=C(C(C)C)C43C(=O)O)O[C@@H]1C. The number of hydrogen-bond acceptors (Lipinski definition) is 7. The summed E-state index contributed by atoms with van der Waals surface area (Å²) in [6, 6.07) is 0. The third kappa shape index (κ3) is 3.32. The van der Waals surface area contributed by atoms with E-state index in [0.29, 0.717) is 18.8 Å². The molecule has 0 amide bonds. The zero-order chi connectivity index (χ0) is 26.9. The molecule has 0 aromatic rings. The monoisotopic (exact) mass is 518 g/mol. The summed E-state index contributed by atoms with van der Waals surface area (Å²) in [7, 11) is 0. The van der Waals surface area contributed by atoms with Crippen LogP contribution in [0.3, 0.4) is 0 Å². The molecule has 1 aliphatic heterocycles. The predicted octanol–water partition coefficient (Wildman–Crippen LogP) is 2.97. The van der Waals surface area contributed by atoms with Crippen molar-refractivity contribution in [1.82, 2.24) is 0 Å². The van der Waals surface area contributed by atoms with Crippen molar-refractivity contribution in [2.45, 2.75) is 84.1 Å². The van der Waals surface area contributed by atoms with Crippen LogP contribution in [0.15, 0.2) is 24.3 Å². The minimum Gasteiger partial charge on any atom is -0.481 e. The Labute approximate surface area is 219 Å². The summed E-state index contributed by atoms with van der Waals surface area (Å²) in [5, 5.41) is 32.7. The van der Waals surface area contributed by atoms with Gasteiger partial charge in [-0.1, -0.05) is 44.9 Å². The highest BCUT2D eigenvalue weighted by molar-refractivity contribution is 5.90. The van der Waals surface area contributed by atoms with E-state index in [1.807, 2.05) is 13.8 Å². The van der Waals surface area contributed by atoms with E-state index < -0.39 is 52.9 Å². The van der Waals surface area contributed by atoms with Crippen LogP contribution in [-0.4, -0.2) is 71.5 Å². The first-order valence-corrected chi connectivity index (χ1v) is 13.8. The van der Waals surface area contributed by atoms with Gasteiger partial charge in [0.1, 0.15) is 30.0 Å². The number of carbonyl (C=O) groups excluding carboxylic acids is 1. The van der Waals surface area contributed by atoms with E-state index in [4.69, 9.17) is 14.2 Å². The summed E-state index contributed by atoms with van der Waals surface area (Å²) in [4.78, 5) is 26.6. The molecule has 8 heteroatoms. The Hall–Kier alpha value is -1.58. The first-order valence-electron chi connectivity index (χ1n) is 13.8. The van der Waals surface area contributed by atoms with E-state index in [1.54, 1.807) is 13.0 Å². The van der Waals surface area contributed by atoms with Gasteiger partial charge in [0.15, 0.2) is 6.29 Å². The molecule has 1 heterocycles. The fraction of sp³-hybridized carbons (Fsp3) is 0.793. The number of carboxylic acid groups (broad SMARTS) is 1. The average Bonchev–Trinajstić information content (AvgIpc) is 3.42. The minimum absolute atomic E-state index is 0.0293. The van der Waals surface area contributed by atoms with Crippen LogP contribution in [-0.2, 0) is 23.8 Å². The molecule has 3 saturated carbocycles. The highest BCUT2D eigenvalue weighted by Crippen LogP contribution is 2.82. The van der Waals surface area contributed by atoms with Gasteiger partial charge >= 0.3 is 5.97 Å². The van der Waals surface area contributed by atoms with E-state index in [0.717, 1.165) is 24.7 Å². The first kappa shape index (κ1) is 27.0. The van der Waals surface area contributed by atoms with Crippen LogP contribution in [0, 0.1) is 45.8 Å². The molecule has 3 N–H and O–H groups in total. The summed E-state index contributed by atoms with van der Waals surface area (Å²) >= 11 is 0. The number of aldehydes is 1. The minimum atomic E-state index is -1.36. The van der Waals surface area contributed by atoms with Crippen LogP contribution in [0.1, 0.15) is 53.4 Å². The highest BCUT2D eigenvalue weighted by atomic mass is 16.7. The van der Waals surface area contributed by atoms with Gasteiger partial charge in [0.05, 0.1) is 24.7 Å². The smallest absolute Gasteiger partial charge is 0.315 e. The van der Waals surface area contributed by atoms with Gasteiger partial charge < -0.3 is 34.3 Å². The lowest BCUT2D eigenvalue weighted by Crippen LogP contribution is -2.64. The summed E-state index contributed by atoms with van der Waals surface area (Å²) in [6.45, 7) is 11.8. The Morgan fingerprint density at radius 3 is 2.57 bits per heavy atom. The molecular weight excluding hydrogens is 476 g/mol. The molecule has 37 heavy (non-hydrogen) atoms. The fourth-order valence-corrected chi connectivity index (χ4v) is 9.42. The standard InChI is InChI=1S/C29H42O8/c1-6-9-35-24-17(5)37-25(23(32)22(24)31)36-14-28-12-19-16(4)7-8-20(19)27(13-30)11-18(28)10-21(15(2)3)29(27,28)26(33)34/h6,10,13,15-20,22-25,31-32H,1,7-9,11-12,14H2,2-5H3,(H,33,34)/t16?,17-,18?,19?,20?,22+,23+,24-,25-,27?,28?,29?/m1/s1. The third-order valence-corrected chi connectivity index (χ3v) is 10.8. The van der Waals surface area contributed by atoms with Crippen molar-refractivity contribution < 1.29 is 39.1 Å². The van der Waals surface area contributed by atoms with Crippen molar-refractivity contribution >= 4 is 12.3 Å². The van der Waals surface area contributed by atoms with Crippen LogP contribution >= 0.6 is 0 Å². The average molecular weight is 519 g/mol. The van der Waals surface area contributed by atoms with Crippen molar-refractivity contribution in [3.05, 3.63) is 24.3 Å². The molecule has 0 spiro atoms. The third-order valence-electron chi connectivity index (χ3n) is 10.8. The molecule has 8 nitrogen and oxygen atoms in total. The lowest BCUT2D eigenvalue weighted by Gasteiger charge is -2.58. The van der Waals surface area contributed by atoms with Crippen LogP contribution < -0.4 is 0 Å². The summed E-state index contributed by atoms with van der Waals surface area (Å²) in [5.74, 6) is -0.414. The van der Waals surface area contributed by atoms with Crippen molar-refractivity contribution in [2.75, 3.05) is 13.2 Å². The molecule has 0 radical (unpaired) electrons. The fourth-order valence-electron chi connectivity index (χ4n) is 9.42.